The van der Waals surface area contributed by atoms with Gasteiger partial charge >= 0.3 is 0 Å². The zero-order valence-corrected chi connectivity index (χ0v) is 8.09. The van der Waals surface area contributed by atoms with Crippen molar-refractivity contribution < 1.29 is 9.13 Å². The van der Waals surface area contributed by atoms with Crippen molar-refractivity contribution in [2.45, 2.75) is 6.61 Å². The van der Waals surface area contributed by atoms with E-state index in [9.17, 15) is 4.39 Å². The van der Waals surface area contributed by atoms with E-state index in [1.807, 2.05) is 0 Å². The third-order valence-electron chi connectivity index (χ3n) is 1.89. The van der Waals surface area contributed by atoms with Crippen LogP contribution in [0.25, 0.3) is 0 Å². The number of ether oxygens (including phenoxy) is 1. The molecule has 5 nitrogen and oxygen atoms in total. The number of nitrogens with zero attached hydrogens (tertiary/aromatic N) is 4. The van der Waals surface area contributed by atoms with Gasteiger partial charge in [-0.1, -0.05) is 0 Å². The summed E-state index contributed by atoms with van der Waals surface area (Å²) in [5, 5.41) is 7.49. The minimum atomic E-state index is -0.625. The first-order valence-electron chi connectivity index (χ1n) is 4.33. The molecule has 2 aromatic heterocycles. The second-order valence-corrected chi connectivity index (χ2v) is 2.94. The lowest BCUT2D eigenvalue weighted by Crippen LogP contribution is -2.04. The molecule has 0 radical (unpaired) electrons. The monoisotopic (exact) mass is 208 g/mol. The minimum Gasteiger partial charge on any atom is -0.481 e. The van der Waals surface area contributed by atoms with E-state index < -0.39 is 5.95 Å². The molecule has 2 rings (SSSR count). The summed E-state index contributed by atoms with van der Waals surface area (Å²) in [7, 11) is 1.79. The maximum atomic E-state index is 13.0. The minimum absolute atomic E-state index is 0.112. The van der Waals surface area contributed by atoms with E-state index in [-0.39, 0.29) is 12.4 Å². The molecule has 2 aromatic rings. The third-order valence-corrected chi connectivity index (χ3v) is 1.89. The van der Waals surface area contributed by atoms with Crippen LogP contribution in [0.15, 0.2) is 24.7 Å². The molecule has 0 aliphatic rings. The summed E-state index contributed by atoms with van der Waals surface area (Å²) in [5.74, 6) is 0.110. The van der Waals surface area contributed by atoms with Gasteiger partial charge in [-0.25, -0.2) is 4.98 Å². The molecule has 0 saturated carbocycles. The predicted molar refractivity (Wildman–Crippen MR) is 49.5 cm³/mol. The van der Waals surface area contributed by atoms with E-state index in [1.54, 1.807) is 24.0 Å². The highest BCUT2D eigenvalue weighted by Crippen LogP contribution is 2.13. The molecule has 0 amide bonds. The maximum Gasteiger partial charge on any atom is 0.255 e. The Hall–Kier alpha value is -1.98. The van der Waals surface area contributed by atoms with E-state index in [0.29, 0.717) is 5.82 Å². The normalized spacial score (nSPS) is 10.3. The fraction of sp³-hybridized carbons (Fsp3) is 0.222. The first-order valence-corrected chi connectivity index (χ1v) is 4.33. The molecule has 0 fully saturated rings. The van der Waals surface area contributed by atoms with Crippen molar-refractivity contribution in [3.63, 3.8) is 0 Å². The van der Waals surface area contributed by atoms with Crippen LogP contribution in [0.2, 0.25) is 0 Å². The number of halogens is 1. The van der Waals surface area contributed by atoms with Crippen molar-refractivity contribution >= 4 is 0 Å². The van der Waals surface area contributed by atoms with Crippen molar-refractivity contribution in [3.8, 4) is 5.75 Å². The van der Waals surface area contributed by atoms with Crippen molar-refractivity contribution in [1.82, 2.24) is 19.7 Å². The van der Waals surface area contributed by atoms with Gasteiger partial charge in [0.1, 0.15) is 12.9 Å². The van der Waals surface area contributed by atoms with Gasteiger partial charge in [0.15, 0.2) is 11.6 Å². The Morgan fingerprint density at radius 1 is 1.53 bits per heavy atom. The van der Waals surface area contributed by atoms with Gasteiger partial charge in [-0.15, -0.1) is 10.2 Å². The fourth-order valence-corrected chi connectivity index (χ4v) is 1.06. The van der Waals surface area contributed by atoms with E-state index in [0.717, 1.165) is 0 Å². The molecule has 2 heterocycles. The standard InChI is InChI=1S/C9H9FN4O/c1-14-6-12-13-8(14)5-15-7-3-2-4-11-9(7)10/h2-4,6H,5H2,1H3. The molecular weight excluding hydrogens is 199 g/mol. The Bertz CT molecular complexity index is 457. The highest BCUT2D eigenvalue weighted by molar-refractivity contribution is 5.17. The summed E-state index contributed by atoms with van der Waals surface area (Å²) in [5.41, 5.74) is 0. The van der Waals surface area contributed by atoms with Gasteiger partial charge in [0.05, 0.1) is 0 Å². The maximum absolute atomic E-state index is 13.0. The highest BCUT2D eigenvalue weighted by Gasteiger charge is 2.05. The molecule has 0 unspecified atom stereocenters. The Balaban J connectivity index is 2.06. The molecule has 0 atom stereocenters. The van der Waals surface area contributed by atoms with Gasteiger partial charge in [0, 0.05) is 13.2 Å². The number of hydrogen-bond donors (Lipinski definition) is 0. The molecule has 0 aliphatic carbocycles. The van der Waals surface area contributed by atoms with Gasteiger partial charge in [0.25, 0.3) is 5.95 Å². The summed E-state index contributed by atoms with van der Waals surface area (Å²) < 4.78 is 19.9. The fourth-order valence-electron chi connectivity index (χ4n) is 1.06. The zero-order valence-electron chi connectivity index (χ0n) is 8.09. The van der Waals surface area contributed by atoms with Crippen LogP contribution >= 0.6 is 0 Å². The van der Waals surface area contributed by atoms with E-state index in [4.69, 9.17) is 4.74 Å². The molecule has 0 aliphatic heterocycles. The summed E-state index contributed by atoms with van der Waals surface area (Å²) in [4.78, 5) is 3.47. The average molecular weight is 208 g/mol. The van der Waals surface area contributed by atoms with Crippen LogP contribution in [0.3, 0.4) is 0 Å². The molecule has 0 N–H and O–H groups in total. The summed E-state index contributed by atoms with van der Waals surface area (Å²) in [6, 6.07) is 3.12. The largest absolute Gasteiger partial charge is 0.481 e. The van der Waals surface area contributed by atoms with Crippen molar-refractivity contribution in [1.29, 1.82) is 0 Å². The number of rotatable bonds is 3. The molecule has 0 saturated heterocycles. The molecule has 15 heavy (non-hydrogen) atoms. The average Bonchev–Trinajstić information content (AvgIpc) is 2.63. The smallest absolute Gasteiger partial charge is 0.255 e. The third kappa shape index (κ3) is 2.09. The van der Waals surface area contributed by atoms with Crippen LogP contribution in [-0.4, -0.2) is 19.7 Å². The molecule has 6 heteroatoms. The van der Waals surface area contributed by atoms with Crippen LogP contribution in [-0.2, 0) is 13.7 Å². The van der Waals surface area contributed by atoms with Gasteiger partial charge in [-0.3, -0.25) is 0 Å². The zero-order chi connectivity index (χ0) is 10.7. The number of hydrogen-bond acceptors (Lipinski definition) is 4. The van der Waals surface area contributed by atoms with E-state index >= 15 is 0 Å². The van der Waals surface area contributed by atoms with Gasteiger partial charge in [-0.2, -0.15) is 4.39 Å². The summed E-state index contributed by atoms with van der Waals surface area (Å²) in [6.07, 6.45) is 2.92. The quantitative estimate of drug-likeness (QED) is 0.704. The number of pyridine rings is 1. The van der Waals surface area contributed by atoms with Crippen molar-refractivity contribution in [3.05, 3.63) is 36.4 Å². The molecule has 0 spiro atoms. The van der Waals surface area contributed by atoms with Crippen molar-refractivity contribution in [2.24, 2.45) is 7.05 Å². The van der Waals surface area contributed by atoms with Gasteiger partial charge < -0.3 is 9.30 Å². The van der Waals surface area contributed by atoms with Gasteiger partial charge in [-0.05, 0) is 12.1 Å². The van der Waals surface area contributed by atoms with E-state index in [2.05, 4.69) is 15.2 Å². The second-order valence-electron chi connectivity index (χ2n) is 2.94. The van der Waals surface area contributed by atoms with Gasteiger partial charge in [0.2, 0.25) is 0 Å². The second kappa shape index (κ2) is 4.04. The van der Waals surface area contributed by atoms with E-state index in [1.165, 1.54) is 12.3 Å². The first kappa shape index (κ1) is 9.57. The van der Waals surface area contributed by atoms with Crippen LogP contribution in [0.1, 0.15) is 5.82 Å². The van der Waals surface area contributed by atoms with Crippen molar-refractivity contribution in [2.75, 3.05) is 0 Å². The Kier molecular flexibility index (Phi) is 2.57. The number of aromatic nitrogens is 4. The first-order chi connectivity index (χ1) is 7.27. The molecule has 0 bridgehead atoms. The van der Waals surface area contributed by atoms with Crippen LogP contribution < -0.4 is 4.74 Å². The number of aryl methyl sites for hydroxylation is 1. The SMILES string of the molecule is Cn1cnnc1COc1cccnc1F. The molecule has 0 aromatic carbocycles. The summed E-state index contributed by atoms with van der Waals surface area (Å²) >= 11 is 0. The van der Waals surface area contributed by atoms with Crippen LogP contribution in [0, 0.1) is 5.95 Å². The Labute approximate surface area is 85.5 Å². The molecule has 78 valence electrons. The lowest BCUT2D eigenvalue weighted by Gasteiger charge is -2.04. The lowest BCUT2D eigenvalue weighted by molar-refractivity contribution is 0.273. The predicted octanol–water partition coefficient (Wildman–Crippen LogP) is 0.928. The van der Waals surface area contributed by atoms with Crippen LogP contribution in [0.4, 0.5) is 4.39 Å². The molecular formula is C9H9FN4O. The van der Waals surface area contributed by atoms with Crippen LogP contribution in [0.5, 0.6) is 5.75 Å². The Morgan fingerprint density at radius 3 is 3.07 bits per heavy atom. The topological polar surface area (TPSA) is 52.8 Å². The lowest BCUT2D eigenvalue weighted by atomic mass is 10.4. The Morgan fingerprint density at radius 2 is 2.40 bits per heavy atom. The summed E-state index contributed by atoms with van der Waals surface area (Å²) in [6.45, 7) is 0.166. The highest BCUT2D eigenvalue weighted by atomic mass is 19.1.